The number of carbonyl (C=O) groups is 1. The Bertz CT molecular complexity index is 383. The summed E-state index contributed by atoms with van der Waals surface area (Å²) in [5.74, 6) is -0.287. The van der Waals surface area contributed by atoms with Gasteiger partial charge in [0, 0.05) is 6.61 Å². The van der Waals surface area contributed by atoms with Crippen molar-refractivity contribution in [3.8, 4) is 0 Å². The van der Waals surface area contributed by atoms with Crippen molar-refractivity contribution in [1.29, 1.82) is 0 Å². The van der Waals surface area contributed by atoms with Crippen molar-refractivity contribution in [2.45, 2.75) is 25.4 Å². The van der Waals surface area contributed by atoms with E-state index in [0.717, 1.165) is 31.4 Å². The summed E-state index contributed by atoms with van der Waals surface area (Å²) in [6.07, 6.45) is 2.93. The van der Waals surface area contributed by atoms with E-state index in [-0.39, 0.29) is 12.1 Å². The number of nitrogens with two attached hydrogens (primary N) is 1. The Morgan fingerprint density at radius 3 is 2.78 bits per heavy atom. The predicted molar refractivity (Wildman–Crippen MR) is 68.5 cm³/mol. The topological polar surface area (TPSA) is 61.6 Å². The quantitative estimate of drug-likeness (QED) is 0.804. The molecule has 1 fully saturated rings. The van der Waals surface area contributed by atoms with Crippen molar-refractivity contribution in [2.24, 2.45) is 5.73 Å². The molecule has 2 N–H and O–H groups in total. The Morgan fingerprint density at radius 1 is 1.39 bits per heavy atom. The zero-order chi connectivity index (χ0) is 12.8. The maximum absolute atomic E-state index is 11.8. The summed E-state index contributed by atoms with van der Waals surface area (Å²) in [5, 5.41) is 0. The van der Waals surface area contributed by atoms with Crippen molar-refractivity contribution in [1.82, 2.24) is 0 Å². The lowest BCUT2D eigenvalue weighted by Gasteiger charge is -2.10. The van der Waals surface area contributed by atoms with Gasteiger partial charge < -0.3 is 15.2 Å². The summed E-state index contributed by atoms with van der Waals surface area (Å²) < 4.78 is 10.6. The fraction of sp³-hybridized carbons (Fsp3) is 0.500. The predicted octanol–water partition coefficient (Wildman–Crippen LogP) is 1.52. The second-order valence-corrected chi connectivity index (χ2v) is 4.47. The fourth-order valence-electron chi connectivity index (χ4n) is 2.00. The van der Waals surface area contributed by atoms with Gasteiger partial charge in [-0.15, -0.1) is 0 Å². The molecule has 18 heavy (non-hydrogen) atoms. The van der Waals surface area contributed by atoms with Crippen molar-refractivity contribution >= 4 is 5.97 Å². The van der Waals surface area contributed by atoms with Crippen LogP contribution in [0.25, 0.3) is 0 Å². The normalized spacial score (nSPS) is 18.8. The lowest BCUT2D eigenvalue weighted by atomic mass is 10.1. The summed E-state index contributed by atoms with van der Waals surface area (Å²) in [6, 6.07) is 7.39. The van der Waals surface area contributed by atoms with Crippen LogP contribution >= 0.6 is 0 Å². The molecule has 1 aromatic carbocycles. The van der Waals surface area contributed by atoms with Crippen LogP contribution in [0.15, 0.2) is 24.3 Å². The molecule has 1 atom stereocenters. The van der Waals surface area contributed by atoms with Crippen LogP contribution in [0.4, 0.5) is 0 Å². The number of hydrogen-bond donors (Lipinski definition) is 1. The number of esters is 1. The van der Waals surface area contributed by atoms with Crippen LogP contribution in [0.1, 0.15) is 28.8 Å². The van der Waals surface area contributed by atoms with Crippen molar-refractivity contribution in [3.63, 3.8) is 0 Å². The third kappa shape index (κ3) is 3.55. The molecule has 1 aliphatic rings. The molecule has 1 heterocycles. The largest absolute Gasteiger partial charge is 0.459 e. The van der Waals surface area contributed by atoms with E-state index in [1.807, 2.05) is 12.1 Å². The van der Waals surface area contributed by atoms with E-state index in [1.165, 1.54) is 0 Å². The zero-order valence-electron chi connectivity index (χ0n) is 10.4. The minimum atomic E-state index is -0.287. The lowest BCUT2D eigenvalue weighted by molar-refractivity contribution is 0.0161. The van der Waals surface area contributed by atoms with E-state index in [1.54, 1.807) is 12.1 Å². The van der Waals surface area contributed by atoms with Crippen LogP contribution in [0.2, 0.25) is 0 Å². The molecule has 2 rings (SSSR count). The Morgan fingerprint density at radius 2 is 2.17 bits per heavy atom. The number of hydrogen-bond acceptors (Lipinski definition) is 4. The number of benzene rings is 1. The van der Waals surface area contributed by atoms with Crippen LogP contribution < -0.4 is 5.73 Å². The zero-order valence-corrected chi connectivity index (χ0v) is 10.4. The Kier molecular flexibility index (Phi) is 4.73. The standard InChI is InChI=1S/C14H19NO3/c15-8-7-11-3-5-12(6-4-11)14(16)18-10-13-2-1-9-17-13/h3-6,13H,1-2,7-10,15H2. The monoisotopic (exact) mass is 249 g/mol. The fourth-order valence-corrected chi connectivity index (χ4v) is 2.00. The molecular formula is C14H19NO3. The maximum atomic E-state index is 11.8. The van der Waals surface area contributed by atoms with Crippen LogP contribution in [0, 0.1) is 0 Å². The highest BCUT2D eigenvalue weighted by Crippen LogP contribution is 2.13. The Labute approximate surface area is 107 Å². The van der Waals surface area contributed by atoms with Crippen LogP contribution in [0.5, 0.6) is 0 Å². The molecule has 0 bridgehead atoms. The Balaban J connectivity index is 1.83. The summed E-state index contributed by atoms with van der Waals surface area (Å²) >= 11 is 0. The van der Waals surface area contributed by atoms with E-state index in [2.05, 4.69) is 0 Å². The lowest BCUT2D eigenvalue weighted by Crippen LogP contribution is -2.17. The van der Waals surface area contributed by atoms with Crippen LogP contribution in [-0.2, 0) is 15.9 Å². The van der Waals surface area contributed by atoms with Crippen LogP contribution in [-0.4, -0.2) is 31.8 Å². The van der Waals surface area contributed by atoms with Gasteiger partial charge in [0.2, 0.25) is 0 Å². The summed E-state index contributed by atoms with van der Waals surface area (Å²) in [5.41, 5.74) is 7.18. The molecule has 98 valence electrons. The molecule has 1 unspecified atom stereocenters. The molecule has 4 heteroatoms. The highest BCUT2D eigenvalue weighted by Gasteiger charge is 2.17. The molecule has 0 amide bonds. The average molecular weight is 249 g/mol. The van der Waals surface area contributed by atoms with Gasteiger partial charge in [-0.2, -0.15) is 0 Å². The summed E-state index contributed by atoms with van der Waals surface area (Å²) in [7, 11) is 0. The molecule has 1 aromatic rings. The molecule has 0 radical (unpaired) electrons. The van der Waals surface area contributed by atoms with Gasteiger partial charge in [-0.3, -0.25) is 0 Å². The minimum Gasteiger partial charge on any atom is -0.459 e. The van der Waals surface area contributed by atoms with Gasteiger partial charge in [-0.25, -0.2) is 4.79 Å². The summed E-state index contributed by atoms with van der Waals surface area (Å²) in [6.45, 7) is 1.74. The van der Waals surface area contributed by atoms with Gasteiger partial charge in [-0.1, -0.05) is 12.1 Å². The van der Waals surface area contributed by atoms with E-state index in [9.17, 15) is 4.79 Å². The summed E-state index contributed by atoms with van der Waals surface area (Å²) in [4.78, 5) is 11.8. The average Bonchev–Trinajstić information content (AvgIpc) is 2.90. The van der Waals surface area contributed by atoms with E-state index >= 15 is 0 Å². The molecule has 0 aliphatic carbocycles. The van der Waals surface area contributed by atoms with E-state index in [4.69, 9.17) is 15.2 Å². The maximum Gasteiger partial charge on any atom is 0.338 e. The second kappa shape index (κ2) is 6.52. The minimum absolute atomic E-state index is 0.0745. The highest BCUT2D eigenvalue weighted by atomic mass is 16.6. The van der Waals surface area contributed by atoms with E-state index in [0.29, 0.717) is 18.7 Å². The first-order valence-corrected chi connectivity index (χ1v) is 6.37. The van der Waals surface area contributed by atoms with Crippen molar-refractivity contribution in [2.75, 3.05) is 19.8 Å². The first-order valence-electron chi connectivity index (χ1n) is 6.37. The van der Waals surface area contributed by atoms with Gasteiger partial charge in [-0.05, 0) is 43.5 Å². The molecule has 1 saturated heterocycles. The first kappa shape index (κ1) is 13.1. The van der Waals surface area contributed by atoms with Gasteiger partial charge in [0.1, 0.15) is 6.61 Å². The molecular weight excluding hydrogens is 230 g/mol. The van der Waals surface area contributed by atoms with Crippen molar-refractivity contribution in [3.05, 3.63) is 35.4 Å². The molecule has 0 aromatic heterocycles. The molecule has 0 spiro atoms. The first-order chi connectivity index (χ1) is 8.79. The van der Waals surface area contributed by atoms with Crippen molar-refractivity contribution < 1.29 is 14.3 Å². The SMILES string of the molecule is NCCc1ccc(C(=O)OCC2CCCO2)cc1. The number of rotatable bonds is 5. The van der Waals surface area contributed by atoms with Gasteiger partial charge >= 0.3 is 5.97 Å². The van der Waals surface area contributed by atoms with Gasteiger partial charge in [0.05, 0.1) is 11.7 Å². The number of ether oxygens (including phenoxy) is 2. The molecule has 0 saturated carbocycles. The Hall–Kier alpha value is -1.39. The number of carbonyl (C=O) groups excluding carboxylic acids is 1. The second-order valence-electron chi connectivity index (χ2n) is 4.47. The third-order valence-corrected chi connectivity index (χ3v) is 3.05. The van der Waals surface area contributed by atoms with Gasteiger partial charge in [0.15, 0.2) is 0 Å². The van der Waals surface area contributed by atoms with Gasteiger partial charge in [0.25, 0.3) is 0 Å². The smallest absolute Gasteiger partial charge is 0.338 e. The van der Waals surface area contributed by atoms with Crippen LogP contribution in [0.3, 0.4) is 0 Å². The molecule has 4 nitrogen and oxygen atoms in total. The molecule has 1 aliphatic heterocycles. The van der Waals surface area contributed by atoms with E-state index < -0.39 is 0 Å². The third-order valence-electron chi connectivity index (χ3n) is 3.05. The highest BCUT2D eigenvalue weighted by molar-refractivity contribution is 5.89.